The highest BCUT2D eigenvalue weighted by Crippen LogP contribution is 2.46. The quantitative estimate of drug-likeness (QED) is 0.796. The van der Waals surface area contributed by atoms with Gasteiger partial charge in [0.1, 0.15) is 11.6 Å². The highest BCUT2D eigenvalue weighted by Gasteiger charge is 2.40. The molecule has 2 aliphatic rings. The van der Waals surface area contributed by atoms with Gasteiger partial charge in [0, 0.05) is 28.4 Å². The van der Waals surface area contributed by atoms with E-state index in [0.29, 0.717) is 35.4 Å². The van der Waals surface area contributed by atoms with Crippen LogP contribution in [0.1, 0.15) is 30.7 Å². The zero-order chi connectivity index (χ0) is 19.8. The number of hydrogen-bond donors (Lipinski definition) is 1. The SMILES string of the molecule is N#CC1=C(N)N(c2ccc(Cl)cc2)C2=C(C(=O)CCC2)[C@H]1c1ccc(F)cc1. The number of ketones is 1. The Kier molecular flexibility index (Phi) is 4.66. The Bertz CT molecular complexity index is 1050. The van der Waals surface area contributed by atoms with Crippen LogP contribution in [0.4, 0.5) is 10.1 Å². The minimum Gasteiger partial charge on any atom is -0.384 e. The molecule has 6 heteroatoms. The standard InChI is InChI=1S/C22H17ClFN3O/c23-14-6-10-16(11-7-14)27-18-2-1-3-19(28)21(18)20(17(12-25)22(27)26)13-4-8-15(24)9-5-13/h4-11,20H,1-3,26H2/t20-/m0/s1. The van der Waals surface area contributed by atoms with Crippen LogP contribution < -0.4 is 10.6 Å². The van der Waals surface area contributed by atoms with Gasteiger partial charge in [-0.1, -0.05) is 23.7 Å². The number of nitriles is 1. The molecule has 1 aliphatic carbocycles. The molecule has 28 heavy (non-hydrogen) atoms. The molecule has 140 valence electrons. The van der Waals surface area contributed by atoms with Gasteiger partial charge in [-0.05, 0) is 54.8 Å². The summed E-state index contributed by atoms with van der Waals surface area (Å²) in [7, 11) is 0. The lowest BCUT2D eigenvalue weighted by molar-refractivity contribution is -0.116. The van der Waals surface area contributed by atoms with Gasteiger partial charge in [-0.3, -0.25) is 9.69 Å². The van der Waals surface area contributed by atoms with Crippen molar-refractivity contribution >= 4 is 23.1 Å². The molecule has 0 saturated heterocycles. The zero-order valence-corrected chi connectivity index (χ0v) is 15.7. The highest BCUT2D eigenvalue weighted by atomic mass is 35.5. The molecule has 0 amide bonds. The van der Waals surface area contributed by atoms with Crippen LogP contribution in [-0.2, 0) is 4.79 Å². The number of anilines is 1. The first kappa shape index (κ1) is 18.3. The van der Waals surface area contributed by atoms with E-state index < -0.39 is 5.92 Å². The third kappa shape index (κ3) is 2.96. The molecule has 0 unspecified atom stereocenters. The number of halogens is 2. The van der Waals surface area contributed by atoms with E-state index >= 15 is 0 Å². The van der Waals surface area contributed by atoms with E-state index in [4.69, 9.17) is 17.3 Å². The van der Waals surface area contributed by atoms with Crippen molar-refractivity contribution in [2.75, 3.05) is 4.90 Å². The second-order valence-electron chi connectivity index (χ2n) is 6.84. The fourth-order valence-corrected chi connectivity index (χ4v) is 4.09. The van der Waals surface area contributed by atoms with Crippen molar-refractivity contribution in [3.05, 3.63) is 87.6 Å². The van der Waals surface area contributed by atoms with Crippen molar-refractivity contribution in [2.45, 2.75) is 25.2 Å². The summed E-state index contributed by atoms with van der Waals surface area (Å²) in [4.78, 5) is 14.7. The molecule has 1 aliphatic heterocycles. The fraction of sp³-hybridized carbons (Fsp3) is 0.182. The number of allylic oxidation sites excluding steroid dienone is 3. The monoisotopic (exact) mass is 393 g/mol. The molecule has 0 saturated carbocycles. The van der Waals surface area contributed by atoms with Crippen LogP contribution >= 0.6 is 11.6 Å². The summed E-state index contributed by atoms with van der Waals surface area (Å²) in [6, 6.07) is 15.2. The molecule has 2 N–H and O–H groups in total. The number of benzene rings is 2. The molecular formula is C22H17ClFN3O. The fourth-order valence-electron chi connectivity index (χ4n) is 3.96. The summed E-state index contributed by atoms with van der Waals surface area (Å²) < 4.78 is 13.4. The molecule has 0 radical (unpaired) electrons. The van der Waals surface area contributed by atoms with Crippen LogP contribution in [0.15, 0.2) is 71.2 Å². The van der Waals surface area contributed by atoms with E-state index in [9.17, 15) is 14.4 Å². The number of hydrogen-bond acceptors (Lipinski definition) is 4. The van der Waals surface area contributed by atoms with Crippen molar-refractivity contribution < 1.29 is 9.18 Å². The molecule has 0 fully saturated rings. The zero-order valence-electron chi connectivity index (χ0n) is 15.0. The minimum atomic E-state index is -0.586. The first-order valence-electron chi connectivity index (χ1n) is 8.98. The Labute approximate surface area is 167 Å². The van der Waals surface area contributed by atoms with Crippen molar-refractivity contribution in [1.29, 1.82) is 5.26 Å². The van der Waals surface area contributed by atoms with Crippen LogP contribution in [0, 0.1) is 17.1 Å². The largest absolute Gasteiger partial charge is 0.384 e. The number of nitrogens with zero attached hydrogens (tertiary/aromatic N) is 2. The summed E-state index contributed by atoms with van der Waals surface area (Å²) in [5, 5.41) is 10.5. The smallest absolute Gasteiger partial charge is 0.161 e. The van der Waals surface area contributed by atoms with Gasteiger partial charge in [0.2, 0.25) is 0 Å². The first-order chi connectivity index (χ1) is 13.5. The average molecular weight is 394 g/mol. The molecule has 2 aromatic carbocycles. The van der Waals surface area contributed by atoms with Crippen LogP contribution in [0.2, 0.25) is 5.02 Å². The van der Waals surface area contributed by atoms with Crippen molar-refractivity contribution in [3.8, 4) is 6.07 Å². The molecule has 1 heterocycles. The molecule has 2 aromatic rings. The minimum absolute atomic E-state index is 0.00483. The van der Waals surface area contributed by atoms with E-state index in [1.807, 2.05) is 12.1 Å². The lowest BCUT2D eigenvalue weighted by atomic mass is 9.75. The first-order valence-corrected chi connectivity index (χ1v) is 9.36. The lowest BCUT2D eigenvalue weighted by Crippen LogP contribution is -2.38. The van der Waals surface area contributed by atoms with E-state index in [-0.39, 0.29) is 23.0 Å². The van der Waals surface area contributed by atoms with Gasteiger partial charge in [0.25, 0.3) is 0 Å². The van der Waals surface area contributed by atoms with Gasteiger partial charge in [-0.15, -0.1) is 0 Å². The van der Waals surface area contributed by atoms with E-state index in [2.05, 4.69) is 6.07 Å². The van der Waals surface area contributed by atoms with Gasteiger partial charge in [-0.25, -0.2) is 4.39 Å². The molecule has 4 nitrogen and oxygen atoms in total. The number of nitrogens with two attached hydrogens (primary N) is 1. The maximum atomic E-state index is 13.4. The number of rotatable bonds is 2. The van der Waals surface area contributed by atoms with Gasteiger partial charge < -0.3 is 5.73 Å². The summed E-state index contributed by atoms with van der Waals surface area (Å²) in [5.41, 5.74) is 9.52. The second-order valence-corrected chi connectivity index (χ2v) is 7.28. The summed E-state index contributed by atoms with van der Waals surface area (Å²) >= 11 is 6.01. The Morgan fingerprint density at radius 3 is 2.43 bits per heavy atom. The van der Waals surface area contributed by atoms with Crippen molar-refractivity contribution in [1.82, 2.24) is 0 Å². The lowest BCUT2D eigenvalue weighted by Gasteiger charge is -2.39. The molecule has 4 rings (SSSR count). The predicted octanol–water partition coefficient (Wildman–Crippen LogP) is 4.78. The Morgan fingerprint density at radius 1 is 1.11 bits per heavy atom. The number of carbonyl (C=O) groups is 1. The second kappa shape index (κ2) is 7.14. The summed E-state index contributed by atoms with van der Waals surface area (Å²) in [6.07, 6.45) is 1.80. The molecular weight excluding hydrogens is 377 g/mol. The topological polar surface area (TPSA) is 70.1 Å². The molecule has 1 atom stereocenters. The normalized spacial score (nSPS) is 19.5. The average Bonchev–Trinajstić information content (AvgIpc) is 2.69. The Hall–Kier alpha value is -3.10. The Balaban J connectivity index is 1.95. The third-order valence-electron chi connectivity index (χ3n) is 5.20. The van der Waals surface area contributed by atoms with Gasteiger partial charge in [0.15, 0.2) is 5.78 Å². The molecule has 0 aromatic heterocycles. The van der Waals surface area contributed by atoms with Gasteiger partial charge in [-0.2, -0.15) is 5.26 Å². The van der Waals surface area contributed by atoms with E-state index in [1.165, 1.54) is 12.1 Å². The van der Waals surface area contributed by atoms with Crippen LogP contribution in [-0.4, -0.2) is 5.78 Å². The maximum absolute atomic E-state index is 13.4. The molecule has 0 spiro atoms. The van der Waals surface area contributed by atoms with Crippen molar-refractivity contribution in [3.63, 3.8) is 0 Å². The number of carbonyl (C=O) groups excluding carboxylic acids is 1. The summed E-state index contributed by atoms with van der Waals surface area (Å²) in [5.74, 6) is -0.679. The predicted molar refractivity (Wildman–Crippen MR) is 106 cm³/mol. The van der Waals surface area contributed by atoms with E-state index in [0.717, 1.165) is 11.4 Å². The van der Waals surface area contributed by atoms with Crippen molar-refractivity contribution in [2.24, 2.45) is 5.73 Å². The van der Waals surface area contributed by atoms with Gasteiger partial charge in [0.05, 0.1) is 17.6 Å². The summed E-state index contributed by atoms with van der Waals surface area (Å²) in [6.45, 7) is 0. The van der Waals surface area contributed by atoms with Crippen LogP contribution in [0.25, 0.3) is 0 Å². The third-order valence-corrected chi connectivity index (χ3v) is 5.45. The van der Waals surface area contributed by atoms with Crippen LogP contribution in [0.5, 0.6) is 0 Å². The molecule has 0 bridgehead atoms. The van der Waals surface area contributed by atoms with E-state index in [1.54, 1.807) is 29.2 Å². The van der Waals surface area contributed by atoms with Crippen LogP contribution in [0.3, 0.4) is 0 Å². The Morgan fingerprint density at radius 2 is 1.79 bits per heavy atom. The number of Topliss-reactive ketones (excluding diaryl/α,β-unsaturated/α-hetero) is 1. The highest BCUT2D eigenvalue weighted by molar-refractivity contribution is 6.30. The van der Waals surface area contributed by atoms with Gasteiger partial charge >= 0.3 is 0 Å². The maximum Gasteiger partial charge on any atom is 0.161 e.